The van der Waals surface area contributed by atoms with Gasteiger partial charge in [-0.15, -0.1) is 0 Å². The first kappa shape index (κ1) is 23.4. The van der Waals surface area contributed by atoms with Crippen molar-refractivity contribution >= 4 is 11.8 Å². The summed E-state index contributed by atoms with van der Waals surface area (Å²) in [6, 6.07) is 6.49. The molecule has 4 nitrogen and oxygen atoms in total. The van der Waals surface area contributed by atoms with Crippen molar-refractivity contribution in [1.82, 2.24) is 0 Å². The van der Waals surface area contributed by atoms with Gasteiger partial charge < -0.3 is 10.2 Å². The molecule has 0 radical (unpaired) electrons. The van der Waals surface area contributed by atoms with Crippen LogP contribution in [0.5, 0.6) is 5.75 Å². The topological polar surface area (TPSA) is 74.6 Å². The summed E-state index contributed by atoms with van der Waals surface area (Å²) in [4.78, 5) is 20.8. The van der Waals surface area contributed by atoms with Gasteiger partial charge in [0.25, 0.3) is 0 Å². The molecule has 0 saturated heterocycles. The SMILES string of the molecule is CC.CC(=O)c1ccccc1O.CCCCCCCCC(=O)O. The van der Waals surface area contributed by atoms with Crippen LogP contribution in [-0.2, 0) is 4.79 Å². The number of aromatic hydroxyl groups is 1. The molecule has 1 aromatic carbocycles. The number of hydrogen-bond donors (Lipinski definition) is 2. The molecule has 1 rings (SSSR count). The number of rotatable bonds is 8. The van der Waals surface area contributed by atoms with E-state index in [1.807, 2.05) is 13.8 Å². The monoisotopic (exact) mass is 324 g/mol. The van der Waals surface area contributed by atoms with Gasteiger partial charge in [-0.1, -0.05) is 65.0 Å². The van der Waals surface area contributed by atoms with Crippen LogP contribution in [0.15, 0.2) is 24.3 Å². The molecule has 1 aromatic rings. The number of para-hydroxylation sites is 1. The molecule has 0 aromatic heterocycles. The number of carbonyl (C=O) groups excluding carboxylic acids is 1. The van der Waals surface area contributed by atoms with Crippen LogP contribution in [0.2, 0.25) is 0 Å². The molecule has 23 heavy (non-hydrogen) atoms. The maximum atomic E-state index is 10.7. The van der Waals surface area contributed by atoms with Crippen LogP contribution in [0, 0.1) is 0 Å². The van der Waals surface area contributed by atoms with Gasteiger partial charge in [0.05, 0.1) is 5.56 Å². The third-order valence-electron chi connectivity index (χ3n) is 3.03. The molecule has 0 atom stereocenters. The number of Topliss-reactive ketones (excluding diaryl/α,β-unsaturated/α-hetero) is 1. The highest BCUT2D eigenvalue weighted by molar-refractivity contribution is 5.96. The van der Waals surface area contributed by atoms with E-state index in [0.717, 1.165) is 12.8 Å². The summed E-state index contributed by atoms with van der Waals surface area (Å²) < 4.78 is 0. The summed E-state index contributed by atoms with van der Waals surface area (Å²) in [5.41, 5.74) is 0.377. The van der Waals surface area contributed by atoms with Crippen molar-refractivity contribution < 1.29 is 19.8 Å². The molecule has 0 fully saturated rings. The number of carbonyl (C=O) groups is 2. The summed E-state index contributed by atoms with van der Waals surface area (Å²) in [5.74, 6) is -0.728. The van der Waals surface area contributed by atoms with Gasteiger partial charge in [0.2, 0.25) is 0 Å². The Bertz CT molecular complexity index is 427. The fourth-order valence-corrected chi connectivity index (χ4v) is 1.83. The molecule has 0 aliphatic carbocycles. The van der Waals surface area contributed by atoms with Gasteiger partial charge in [0.15, 0.2) is 5.78 Å². The molecule has 0 aliphatic rings. The van der Waals surface area contributed by atoms with E-state index < -0.39 is 5.97 Å². The standard InChI is InChI=1S/C9H18O2.C8H8O2.C2H6/c1-2-3-4-5-6-7-8-9(10)11;1-6(9)7-4-2-3-5-8(7)10;1-2/h2-8H2,1H3,(H,10,11);2-5,10H,1H3;1-2H3. The van der Waals surface area contributed by atoms with E-state index in [4.69, 9.17) is 10.2 Å². The molecule has 0 saturated carbocycles. The van der Waals surface area contributed by atoms with Crippen molar-refractivity contribution in [2.45, 2.75) is 72.6 Å². The predicted molar refractivity (Wildman–Crippen MR) is 95.1 cm³/mol. The normalized spacial score (nSPS) is 9.04. The third-order valence-corrected chi connectivity index (χ3v) is 3.03. The number of phenolic OH excluding ortho intramolecular Hbond substituents is 1. The lowest BCUT2D eigenvalue weighted by Crippen LogP contribution is -1.93. The van der Waals surface area contributed by atoms with Crippen LogP contribution < -0.4 is 0 Å². The van der Waals surface area contributed by atoms with E-state index in [-0.39, 0.29) is 11.5 Å². The second kappa shape index (κ2) is 16.5. The van der Waals surface area contributed by atoms with Gasteiger partial charge in [-0.05, 0) is 25.5 Å². The number of unbranched alkanes of at least 4 members (excludes halogenated alkanes) is 5. The average molecular weight is 324 g/mol. The molecule has 4 heteroatoms. The maximum absolute atomic E-state index is 10.7. The molecule has 0 spiro atoms. The van der Waals surface area contributed by atoms with E-state index in [2.05, 4.69) is 6.92 Å². The minimum Gasteiger partial charge on any atom is -0.507 e. The van der Waals surface area contributed by atoms with Crippen molar-refractivity contribution in [2.75, 3.05) is 0 Å². The van der Waals surface area contributed by atoms with Gasteiger partial charge >= 0.3 is 5.97 Å². The molecule has 0 heterocycles. The Kier molecular flexibility index (Phi) is 16.8. The maximum Gasteiger partial charge on any atom is 0.303 e. The van der Waals surface area contributed by atoms with E-state index in [0.29, 0.717) is 12.0 Å². The zero-order valence-electron chi connectivity index (χ0n) is 15.0. The Morgan fingerprint density at radius 2 is 1.48 bits per heavy atom. The largest absolute Gasteiger partial charge is 0.507 e. The number of carboxylic acids is 1. The number of phenols is 1. The van der Waals surface area contributed by atoms with Gasteiger partial charge in [0, 0.05) is 6.42 Å². The fourth-order valence-electron chi connectivity index (χ4n) is 1.83. The predicted octanol–water partition coefficient (Wildman–Crippen LogP) is 5.44. The Balaban J connectivity index is 0. The van der Waals surface area contributed by atoms with Crippen molar-refractivity contribution in [1.29, 1.82) is 0 Å². The number of benzene rings is 1. The molecule has 132 valence electrons. The van der Waals surface area contributed by atoms with E-state index >= 15 is 0 Å². The molecule has 2 N–H and O–H groups in total. The number of aliphatic carboxylic acids is 1. The highest BCUT2D eigenvalue weighted by Gasteiger charge is 2.02. The van der Waals surface area contributed by atoms with Gasteiger partial charge in [-0.3, -0.25) is 9.59 Å². The van der Waals surface area contributed by atoms with Crippen LogP contribution in [0.1, 0.15) is 83.0 Å². The highest BCUT2D eigenvalue weighted by atomic mass is 16.4. The molecule has 0 unspecified atom stereocenters. The molecular formula is C19H32O4. The summed E-state index contributed by atoms with van der Waals surface area (Å²) in [7, 11) is 0. The second-order valence-electron chi connectivity index (χ2n) is 4.98. The summed E-state index contributed by atoms with van der Waals surface area (Å²) >= 11 is 0. The highest BCUT2D eigenvalue weighted by Crippen LogP contribution is 2.15. The molecular weight excluding hydrogens is 292 g/mol. The molecule has 0 amide bonds. The minimum atomic E-state index is -0.666. The van der Waals surface area contributed by atoms with Crippen molar-refractivity contribution in [3.8, 4) is 5.75 Å². The Morgan fingerprint density at radius 3 is 1.91 bits per heavy atom. The zero-order valence-corrected chi connectivity index (χ0v) is 15.0. The summed E-state index contributed by atoms with van der Waals surface area (Å²) in [6.45, 7) is 7.60. The van der Waals surface area contributed by atoms with Crippen molar-refractivity contribution in [2.24, 2.45) is 0 Å². The number of ketones is 1. The zero-order chi connectivity index (χ0) is 18.1. The number of hydrogen-bond acceptors (Lipinski definition) is 3. The van der Waals surface area contributed by atoms with Gasteiger partial charge in [-0.2, -0.15) is 0 Å². The lowest BCUT2D eigenvalue weighted by molar-refractivity contribution is -0.137. The molecule has 0 aliphatic heterocycles. The van der Waals surface area contributed by atoms with Crippen LogP contribution in [-0.4, -0.2) is 22.0 Å². The Hall–Kier alpha value is -1.84. The smallest absolute Gasteiger partial charge is 0.303 e. The summed E-state index contributed by atoms with van der Waals surface area (Å²) in [6.07, 6.45) is 7.25. The minimum absolute atomic E-state index is 0.0509. The van der Waals surface area contributed by atoms with E-state index in [1.165, 1.54) is 38.7 Å². The van der Waals surface area contributed by atoms with Crippen LogP contribution in [0.25, 0.3) is 0 Å². The van der Waals surface area contributed by atoms with Crippen LogP contribution in [0.4, 0.5) is 0 Å². The lowest BCUT2D eigenvalue weighted by atomic mass is 10.1. The fraction of sp³-hybridized carbons (Fsp3) is 0.579. The lowest BCUT2D eigenvalue weighted by Gasteiger charge is -1.97. The van der Waals surface area contributed by atoms with Crippen molar-refractivity contribution in [3.63, 3.8) is 0 Å². The quantitative estimate of drug-likeness (QED) is 0.493. The van der Waals surface area contributed by atoms with Gasteiger partial charge in [-0.25, -0.2) is 0 Å². The Labute approximate surface area is 140 Å². The van der Waals surface area contributed by atoms with Crippen LogP contribution >= 0.6 is 0 Å². The van der Waals surface area contributed by atoms with E-state index in [1.54, 1.807) is 18.2 Å². The number of carboxylic acid groups (broad SMARTS) is 1. The Morgan fingerprint density at radius 1 is 0.957 bits per heavy atom. The third kappa shape index (κ3) is 14.8. The first-order valence-corrected chi connectivity index (χ1v) is 8.49. The van der Waals surface area contributed by atoms with Crippen molar-refractivity contribution in [3.05, 3.63) is 29.8 Å². The second-order valence-corrected chi connectivity index (χ2v) is 4.98. The summed E-state index contributed by atoms with van der Waals surface area (Å²) in [5, 5.41) is 17.4. The van der Waals surface area contributed by atoms with Crippen LogP contribution in [0.3, 0.4) is 0 Å². The van der Waals surface area contributed by atoms with Gasteiger partial charge in [0.1, 0.15) is 5.75 Å². The first-order valence-electron chi connectivity index (χ1n) is 8.49. The first-order chi connectivity index (χ1) is 11.0. The van der Waals surface area contributed by atoms with E-state index in [9.17, 15) is 9.59 Å². The molecule has 0 bridgehead atoms. The average Bonchev–Trinajstić information content (AvgIpc) is 2.53.